The van der Waals surface area contributed by atoms with Gasteiger partial charge in [0, 0.05) is 12.0 Å². The number of piperidine rings is 1. The maximum atomic E-state index is 13.1. The van der Waals surface area contributed by atoms with Gasteiger partial charge in [0.05, 0.1) is 6.04 Å². The molecule has 1 aromatic rings. The van der Waals surface area contributed by atoms with E-state index in [-0.39, 0.29) is 23.0 Å². The molecule has 3 heteroatoms. The molecule has 0 spiro atoms. The van der Waals surface area contributed by atoms with E-state index < -0.39 is 0 Å². The Kier molecular flexibility index (Phi) is 4.42. The van der Waals surface area contributed by atoms with E-state index in [0.29, 0.717) is 6.61 Å². The monoisotopic (exact) mass is 351 g/mol. The third kappa shape index (κ3) is 2.69. The van der Waals surface area contributed by atoms with Crippen molar-refractivity contribution in [2.45, 2.75) is 58.6 Å². The first kappa shape index (κ1) is 17.4. The number of allylic oxidation sites excluding steroid dienone is 3. The lowest BCUT2D eigenvalue weighted by molar-refractivity contribution is -0.0125. The Bertz CT molecular complexity index is 738. The molecule has 0 aromatic heterocycles. The van der Waals surface area contributed by atoms with Crippen LogP contribution in [0.1, 0.15) is 51.5 Å². The Morgan fingerprint density at radius 3 is 2.88 bits per heavy atom. The summed E-state index contributed by atoms with van der Waals surface area (Å²) in [6.07, 6.45) is 12.1. The molecule has 2 aliphatic carbocycles. The Labute approximate surface area is 156 Å². The molecule has 2 fully saturated rings. The van der Waals surface area contributed by atoms with Crippen LogP contribution in [-0.2, 0) is 11.3 Å². The molecule has 138 valence electrons. The Balaban J connectivity index is 1.59. The summed E-state index contributed by atoms with van der Waals surface area (Å²) in [5.74, 6) is 0. The molecule has 3 aliphatic rings. The van der Waals surface area contributed by atoms with E-state index >= 15 is 0 Å². The zero-order valence-corrected chi connectivity index (χ0v) is 15.9. The summed E-state index contributed by atoms with van der Waals surface area (Å²) in [7, 11) is 0. The number of amides is 1. The molecule has 1 saturated carbocycles. The highest BCUT2D eigenvalue weighted by atomic mass is 16.6. The summed E-state index contributed by atoms with van der Waals surface area (Å²) in [4.78, 5) is 15.1. The Morgan fingerprint density at radius 1 is 1.31 bits per heavy atom. The fourth-order valence-electron chi connectivity index (χ4n) is 5.73. The lowest BCUT2D eigenvalue weighted by Gasteiger charge is -2.50. The van der Waals surface area contributed by atoms with E-state index in [9.17, 15) is 4.79 Å². The molecular formula is C23H29NO2. The van der Waals surface area contributed by atoms with E-state index in [2.05, 4.69) is 37.0 Å². The lowest BCUT2D eigenvalue weighted by Crippen LogP contribution is -2.57. The van der Waals surface area contributed by atoms with E-state index in [4.69, 9.17) is 4.74 Å². The number of hydrogen-bond acceptors (Lipinski definition) is 2. The topological polar surface area (TPSA) is 29.5 Å². The molecular weight excluding hydrogens is 322 g/mol. The minimum atomic E-state index is -0.145. The zero-order chi connectivity index (χ0) is 18.2. The zero-order valence-electron chi connectivity index (χ0n) is 15.9. The highest BCUT2D eigenvalue weighted by molar-refractivity contribution is 5.69. The van der Waals surface area contributed by atoms with Crippen molar-refractivity contribution < 1.29 is 9.53 Å². The quantitative estimate of drug-likeness (QED) is 0.721. The van der Waals surface area contributed by atoms with Gasteiger partial charge in [-0.05, 0) is 43.1 Å². The van der Waals surface area contributed by atoms with Crippen molar-refractivity contribution in [3.63, 3.8) is 0 Å². The van der Waals surface area contributed by atoms with E-state index in [1.807, 2.05) is 30.3 Å². The maximum absolute atomic E-state index is 13.1. The van der Waals surface area contributed by atoms with Crippen LogP contribution < -0.4 is 0 Å². The Hall–Kier alpha value is -2.03. The number of benzene rings is 1. The number of carbonyl (C=O) groups is 1. The number of fused-ring (bicyclic) bond motifs is 3. The molecule has 1 aromatic carbocycles. The summed E-state index contributed by atoms with van der Waals surface area (Å²) < 4.78 is 5.74. The fraction of sp³-hybridized carbons (Fsp3) is 0.522. The van der Waals surface area contributed by atoms with Gasteiger partial charge in [-0.2, -0.15) is 0 Å². The van der Waals surface area contributed by atoms with E-state index in [1.165, 1.54) is 12.0 Å². The van der Waals surface area contributed by atoms with Crippen molar-refractivity contribution >= 4 is 6.09 Å². The summed E-state index contributed by atoms with van der Waals surface area (Å²) in [5.41, 5.74) is 2.84. The van der Waals surface area contributed by atoms with Gasteiger partial charge in [0.1, 0.15) is 6.61 Å². The van der Waals surface area contributed by atoms with Gasteiger partial charge in [0.15, 0.2) is 0 Å². The molecule has 1 saturated heterocycles. The van der Waals surface area contributed by atoms with Gasteiger partial charge in [0.25, 0.3) is 0 Å². The van der Waals surface area contributed by atoms with Crippen LogP contribution in [0.3, 0.4) is 0 Å². The highest BCUT2D eigenvalue weighted by Crippen LogP contribution is 2.62. The average molecular weight is 351 g/mol. The van der Waals surface area contributed by atoms with Crippen molar-refractivity contribution in [3.05, 3.63) is 59.7 Å². The molecule has 4 rings (SSSR count). The van der Waals surface area contributed by atoms with Crippen LogP contribution >= 0.6 is 0 Å². The molecule has 2 unspecified atom stereocenters. The fourth-order valence-corrected chi connectivity index (χ4v) is 5.73. The molecule has 3 nitrogen and oxygen atoms in total. The number of nitrogens with zero attached hydrogens (tertiary/aromatic N) is 1. The molecule has 3 atom stereocenters. The minimum Gasteiger partial charge on any atom is -0.445 e. The molecule has 26 heavy (non-hydrogen) atoms. The van der Waals surface area contributed by atoms with Crippen molar-refractivity contribution in [2.24, 2.45) is 10.8 Å². The molecule has 0 bridgehead atoms. The second-order valence-corrected chi connectivity index (χ2v) is 8.40. The Morgan fingerprint density at radius 2 is 2.12 bits per heavy atom. The minimum absolute atomic E-state index is 0.0929. The maximum Gasteiger partial charge on any atom is 0.410 e. The molecule has 1 aliphatic heterocycles. The van der Waals surface area contributed by atoms with Gasteiger partial charge in [0.2, 0.25) is 0 Å². The van der Waals surface area contributed by atoms with Gasteiger partial charge >= 0.3 is 6.09 Å². The van der Waals surface area contributed by atoms with E-state index in [0.717, 1.165) is 37.8 Å². The van der Waals surface area contributed by atoms with E-state index in [1.54, 1.807) is 0 Å². The predicted octanol–water partition coefficient (Wildman–Crippen LogP) is 5.48. The van der Waals surface area contributed by atoms with Crippen LogP contribution in [0, 0.1) is 10.8 Å². The standard InChI is InChI=1S/C23H29NO2/c1-3-23-14-8-7-12-19(23)16-22(2)13-9-15-24(20(22)23)21(25)26-17-18-10-5-4-6-11-18/h4-8,10-12,20H,3,9,13-17H2,1-2H3/t20?,22-,23?/m1/s1. The average Bonchev–Trinajstić information content (AvgIpc) is 2.95. The second-order valence-electron chi connectivity index (χ2n) is 8.40. The normalized spacial score (nSPS) is 32.6. The first-order valence-electron chi connectivity index (χ1n) is 9.93. The van der Waals surface area contributed by atoms with Crippen molar-refractivity contribution in [1.29, 1.82) is 0 Å². The third-order valence-corrected chi connectivity index (χ3v) is 6.86. The van der Waals surface area contributed by atoms with Crippen LogP contribution in [0.2, 0.25) is 0 Å². The lowest BCUT2D eigenvalue weighted by atomic mass is 9.66. The van der Waals surface area contributed by atoms with Crippen molar-refractivity contribution in [2.75, 3.05) is 6.54 Å². The number of hydrogen-bond donors (Lipinski definition) is 0. The first-order chi connectivity index (χ1) is 12.6. The van der Waals surface area contributed by atoms with Crippen LogP contribution in [0.25, 0.3) is 0 Å². The molecule has 1 amide bonds. The first-order valence-corrected chi connectivity index (χ1v) is 9.93. The summed E-state index contributed by atoms with van der Waals surface area (Å²) >= 11 is 0. The van der Waals surface area contributed by atoms with Crippen molar-refractivity contribution in [1.82, 2.24) is 4.90 Å². The number of likely N-dealkylation sites (tertiary alicyclic amines) is 1. The summed E-state index contributed by atoms with van der Waals surface area (Å²) in [6, 6.07) is 10.2. The highest BCUT2D eigenvalue weighted by Gasteiger charge is 2.60. The van der Waals surface area contributed by atoms with Crippen LogP contribution in [0.15, 0.2) is 54.1 Å². The van der Waals surface area contributed by atoms with Crippen LogP contribution in [0.5, 0.6) is 0 Å². The number of rotatable bonds is 3. The largest absolute Gasteiger partial charge is 0.445 e. The molecule has 0 N–H and O–H groups in total. The van der Waals surface area contributed by atoms with Gasteiger partial charge < -0.3 is 9.64 Å². The van der Waals surface area contributed by atoms with Crippen molar-refractivity contribution in [3.8, 4) is 0 Å². The molecule has 1 heterocycles. The summed E-state index contributed by atoms with van der Waals surface area (Å²) in [5, 5.41) is 0. The smallest absolute Gasteiger partial charge is 0.410 e. The van der Waals surface area contributed by atoms with Gasteiger partial charge in [-0.25, -0.2) is 4.79 Å². The van der Waals surface area contributed by atoms with Crippen LogP contribution in [0.4, 0.5) is 4.79 Å². The van der Waals surface area contributed by atoms with Gasteiger partial charge in [-0.3, -0.25) is 0 Å². The number of ether oxygens (including phenoxy) is 1. The second kappa shape index (κ2) is 6.61. The third-order valence-electron chi connectivity index (χ3n) is 6.86. The van der Waals surface area contributed by atoms with Gasteiger partial charge in [-0.15, -0.1) is 0 Å². The molecule has 0 radical (unpaired) electrons. The number of carbonyl (C=O) groups excluding carboxylic acids is 1. The van der Waals surface area contributed by atoms with Crippen LogP contribution in [-0.4, -0.2) is 23.6 Å². The SMILES string of the molecule is CCC12CC=CC=C1C[C@@]1(C)CCCN(C(=O)OCc3ccccc3)C21. The predicted molar refractivity (Wildman–Crippen MR) is 104 cm³/mol. The van der Waals surface area contributed by atoms with Gasteiger partial charge in [-0.1, -0.05) is 68.0 Å². The summed E-state index contributed by atoms with van der Waals surface area (Å²) in [6.45, 7) is 5.82.